The number of nitrogens with zero attached hydrogens (tertiary/aromatic N) is 4. The summed E-state index contributed by atoms with van der Waals surface area (Å²) in [5.74, 6) is -0.655. The van der Waals surface area contributed by atoms with Crippen LogP contribution in [0.25, 0.3) is 11.0 Å². The third-order valence-electron chi connectivity index (χ3n) is 6.27. The normalized spacial score (nSPS) is 14.8. The molecule has 0 saturated carbocycles. The minimum Gasteiger partial charge on any atom is -0.336 e. The lowest BCUT2D eigenvalue weighted by atomic mass is 10.1. The SMILES string of the molecule is CCc1nc2ccc(C(=O)N3CCN(CC(=O)Nc4ccccc4C(F)(F)F)CC3)cc2nc1CC. The van der Waals surface area contributed by atoms with Crippen molar-refractivity contribution in [3.8, 4) is 0 Å². The number of fused-ring (bicyclic) bond motifs is 1. The number of hydrogen-bond donors (Lipinski definition) is 1. The Morgan fingerprint density at radius 2 is 1.56 bits per heavy atom. The van der Waals surface area contributed by atoms with Crippen molar-refractivity contribution < 1.29 is 22.8 Å². The fourth-order valence-electron chi connectivity index (χ4n) is 4.35. The third-order valence-corrected chi connectivity index (χ3v) is 6.27. The average molecular weight is 500 g/mol. The van der Waals surface area contributed by atoms with Crippen LogP contribution in [-0.4, -0.2) is 64.3 Å². The van der Waals surface area contributed by atoms with Crippen LogP contribution < -0.4 is 5.32 Å². The number of anilines is 1. The largest absolute Gasteiger partial charge is 0.418 e. The summed E-state index contributed by atoms with van der Waals surface area (Å²) in [5, 5.41) is 2.36. The zero-order valence-corrected chi connectivity index (χ0v) is 20.2. The number of amides is 2. The minimum atomic E-state index is -4.55. The van der Waals surface area contributed by atoms with Crippen LogP contribution in [0.5, 0.6) is 0 Å². The molecule has 1 aromatic heterocycles. The summed E-state index contributed by atoms with van der Waals surface area (Å²) >= 11 is 0. The van der Waals surface area contributed by atoms with E-state index in [0.29, 0.717) is 37.3 Å². The monoisotopic (exact) mass is 499 g/mol. The summed E-state index contributed by atoms with van der Waals surface area (Å²) in [4.78, 5) is 38.4. The van der Waals surface area contributed by atoms with E-state index in [4.69, 9.17) is 4.98 Å². The molecular weight excluding hydrogens is 471 g/mol. The molecular formula is C26H28F3N5O2. The molecule has 190 valence electrons. The van der Waals surface area contributed by atoms with Crippen LogP contribution in [0, 0.1) is 0 Å². The van der Waals surface area contributed by atoms with Gasteiger partial charge in [-0.15, -0.1) is 0 Å². The molecule has 0 atom stereocenters. The molecule has 36 heavy (non-hydrogen) atoms. The molecule has 2 amide bonds. The number of halogens is 3. The molecule has 4 rings (SSSR count). The van der Waals surface area contributed by atoms with Gasteiger partial charge in [-0.05, 0) is 43.2 Å². The van der Waals surface area contributed by atoms with Crippen molar-refractivity contribution in [2.75, 3.05) is 38.0 Å². The minimum absolute atomic E-state index is 0.0562. The number of aromatic nitrogens is 2. The number of alkyl halides is 3. The first-order valence-electron chi connectivity index (χ1n) is 12.0. The average Bonchev–Trinajstić information content (AvgIpc) is 2.87. The van der Waals surface area contributed by atoms with E-state index in [-0.39, 0.29) is 18.1 Å². The summed E-state index contributed by atoms with van der Waals surface area (Å²) in [6, 6.07) is 10.2. The van der Waals surface area contributed by atoms with Crippen molar-refractivity contribution >= 4 is 28.5 Å². The summed E-state index contributed by atoms with van der Waals surface area (Å²) in [6.07, 6.45) is -2.99. The Labute approximate surface area is 207 Å². The highest BCUT2D eigenvalue weighted by Gasteiger charge is 2.33. The standard InChI is InChI=1S/C26H28F3N5O2/c1-3-19-20(4-2)31-23-15-17(9-10-22(23)30-19)25(36)34-13-11-33(12-14-34)16-24(35)32-21-8-6-5-7-18(21)26(27,28)29/h5-10,15H,3-4,11-14,16H2,1-2H3,(H,32,35). The molecule has 3 aromatic rings. The van der Waals surface area contributed by atoms with Gasteiger partial charge in [0.05, 0.1) is 40.2 Å². The predicted octanol–water partition coefficient (Wildman–Crippen LogP) is 4.17. The Morgan fingerprint density at radius 3 is 2.19 bits per heavy atom. The van der Waals surface area contributed by atoms with Gasteiger partial charge in [0.25, 0.3) is 5.91 Å². The molecule has 1 aliphatic rings. The van der Waals surface area contributed by atoms with E-state index in [0.717, 1.165) is 35.8 Å². The molecule has 2 aromatic carbocycles. The van der Waals surface area contributed by atoms with Crippen molar-refractivity contribution in [2.24, 2.45) is 0 Å². The van der Waals surface area contributed by atoms with E-state index < -0.39 is 17.6 Å². The molecule has 1 fully saturated rings. The van der Waals surface area contributed by atoms with E-state index in [1.54, 1.807) is 17.0 Å². The summed E-state index contributed by atoms with van der Waals surface area (Å²) < 4.78 is 39.5. The number of para-hydroxylation sites is 1. The fourth-order valence-corrected chi connectivity index (χ4v) is 4.35. The summed E-state index contributed by atoms with van der Waals surface area (Å²) in [5.41, 5.74) is 2.71. The highest BCUT2D eigenvalue weighted by Crippen LogP contribution is 2.34. The van der Waals surface area contributed by atoms with Gasteiger partial charge in [0.2, 0.25) is 5.91 Å². The summed E-state index contributed by atoms with van der Waals surface area (Å²) in [7, 11) is 0. The Hall–Kier alpha value is -3.53. The van der Waals surface area contributed by atoms with Crippen LogP contribution >= 0.6 is 0 Å². The van der Waals surface area contributed by atoms with E-state index in [1.165, 1.54) is 18.2 Å². The Morgan fingerprint density at radius 1 is 0.917 bits per heavy atom. The van der Waals surface area contributed by atoms with Crippen molar-refractivity contribution in [2.45, 2.75) is 32.9 Å². The van der Waals surface area contributed by atoms with Crippen LogP contribution in [0.3, 0.4) is 0 Å². The van der Waals surface area contributed by atoms with Crippen LogP contribution in [0.1, 0.15) is 41.2 Å². The number of aryl methyl sites for hydroxylation is 2. The summed E-state index contributed by atoms with van der Waals surface area (Å²) in [6.45, 7) is 5.70. The molecule has 0 unspecified atom stereocenters. The van der Waals surface area contributed by atoms with Gasteiger partial charge >= 0.3 is 6.18 Å². The maximum Gasteiger partial charge on any atom is 0.418 e. The van der Waals surface area contributed by atoms with E-state index in [2.05, 4.69) is 10.3 Å². The van der Waals surface area contributed by atoms with E-state index >= 15 is 0 Å². The van der Waals surface area contributed by atoms with Gasteiger partial charge in [0.1, 0.15) is 0 Å². The first-order valence-corrected chi connectivity index (χ1v) is 12.0. The number of carbonyl (C=O) groups is 2. The van der Waals surface area contributed by atoms with Crippen LogP contribution in [-0.2, 0) is 23.8 Å². The quantitative estimate of drug-likeness (QED) is 0.551. The Bertz CT molecular complexity index is 1270. The molecule has 1 N–H and O–H groups in total. The van der Waals surface area contributed by atoms with Crippen molar-refractivity contribution in [1.82, 2.24) is 19.8 Å². The number of carbonyl (C=O) groups excluding carboxylic acids is 2. The molecule has 0 radical (unpaired) electrons. The van der Waals surface area contributed by atoms with Crippen molar-refractivity contribution in [3.05, 3.63) is 65.0 Å². The van der Waals surface area contributed by atoms with Gasteiger partial charge in [-0.25, -0.2) is 9.97 Å². The molecule has 0 aliphatic carbocycles. The highest BCUT2D eigenvalue weighted by atomic mass is 19.4. The zero-order valence-electron chi connectivity index (χ0n) is 20.2. The molecule has 0 bridgehead atoms. The Kier molecular flexibility index (Phi) is 7.53. The highest BCUT2D eigenvalue weighted by molar-refractivity contribution is 5.97. The number of rotatable bonds is 6. The maximum atomic E-state index is 13.2. The zero-order chi connectivity index (χ0) is 25.9. The van der Waals surface area contributed by atoms with Crippen LogP contribution in [0.4, 0.5) is 18.9 Å². The number of hydrogen-bond acceptors (Lipinski definition) is 5. The lowest BCUT2D eigenvalue weighted by molar-refractivity contribution is -0.137. The van der Waals surface area contributed by atoms with E-state index in [1.807, 2.05) is 24.8 Å². The van der Waals surface area contributed by atoms with Crippen LogP contribution in [0.2, 0.25) is 0 Å². The Balaban J connectivity index is 1.36. The first kappa shape index (κ1) is 25.6. The van der Waals surface area contributed by atoms with Gasteiger partial charge in [0, 0.05) is 31.7 Å². The van der Waals surface area contributed by atoms with Gasteiger partial charge in [-0.3, -0.25) is 14.5 Å². The molecule has 1 aliphatic heterocycles. The number of piperazine rings is 1. The van der Waals surface area contributed by atoms with Gasteiger partial charge < -0.3 is 10.2 Å². The van der Waals surface area contributed by atoms with Gasteiger partial charge in [-0.1, -0.05) is 26.0 Å². The number of benzene rings is 2. The third kappa shape index (κ3) is 5.64. The van der Waals surface area contributed by atoms with E-state index in [9.17, 15) is 22.8 Å². The fraction of sp³-hybridized carbons (Fsp3) is 0.385. The second-order valence-electron chi connectivity index (χ2n) is 8.69. The molecule has 0 spiro atoms. The van der Waals surface area contributed by atoms with Gasteiger partial charge in [0.15, 0.2) is 0 Å². The predicted molar refractivity (Wildman–Crippen MR) is 131 cm³/mol. The van der Waals surface area contributed by atoms with Crippen LogP contribution in [0.15, 0.2) is 42.5 Å². The van der Waals surface area contributed by atoms with Gasteiger partial charge in [-0.2, -0.15) is 13.2 Å². The molecule has 2 heterocycles. The lowest BCUT2D eigenvalue weighted by Gasteiger charge is -2.34. The maximum absolute atomic E-state index is 13.2. The topological polar surface area (TPSA) is 78.4 Å². The van der Waals surface area contributed by atoms with Crippen molar-refractivity contribution in [1.29, 1.82) is 0 Å². The smallest absolute Gasteiger partial charge is 0.336 e. The molecule has 10 heteroatoms. The van der Waals surface area contributed by atoms with Crippen molar-refractivity contribution in [3.63, 3.8) is 0 Å². The second-order valence-corrected chi connectivity index (χ2v) is 8.69. The molecule has 7 nitrogen and oxygen atoms in total. The molecule has 1 saturated heterocycles. The second kappa shape index (κ2) is 10.6. The first-order chi connectivity index (χ1) is 17.2. The lowest BCUT2D eigenvalue weighted by Crippen LogP contribution is -2.50. The number of nitrogens with one attached hydrogen (secondary N) is 1.